The summed E-state index contributed by atoms with van der Waals surface area (Å²) in [5, 5.41) is 45.0. The number of primary amides is 1. The number of fused-ring (bicyclic) bond motifs is 3. The standard InChI is InChI=1S/C32H35FN2O7/c1-15(10-11-33)12-16-4-6-17(7-5-16)19-8-9-22(36)24-20(19)13-18-14-21-26(35(2)3)28(38)25(31(34)41)30(40)32(21,42)29(39)23(18)27(24)37/h4-9,15,18,21,26,36-37,40,42H,10-14H2,1-3H3,(H2,34,41)/t15?,18-,21-,26-,32-/m0/s1. The number of amides is 1. The molecule has 0 heterocycles. The maximum atomic E-state index is 14.0. The number of alkyl halides is 1. The van der Waals surface area contributed by atoms with Crippen LogP contribution in [0.1, 0.15) is 36.5 Å². The number of aliphatic hydroxyl groups is 3. The number of phenolic OH excluding ortho intramolecular Hbond substituents is 1. The minimum Gasteiger partial charge on any atom is -0.508 e. The zero-order chi connectivity index (χ0) is 30.7. The van der Waals surface area contributed by atoms with Crippen LogP contribution < -0.4 is 5.73 Å². The number of halogens is 1. The molecule has 222 valence electrons. The van der Waals surface area contributed by atoms with Gasteiger partial charge in [-0.3, -0.25) is 23.7 Å². The molecule has 0 saturated heterocycles. The van der Waals surface area contributed by atoms with E-state index >= 15 is 0 Å². The van der Waals surface area contributed by atoms with E-state index in [0.717, 1.165) is 23.1 Å². The van der Waals surface area contributed by atoms with Crippen LogP contribution in [0.15, 0.2) is 53.3 Å². The van der Waals surface area contributed by atoms with Crippen LogP contribution in [0.25, 0.3) is 16.9 Å². The molecule has 42 heavy (non-hydrogen) atoms. The Bertz CT molecular complexity index is 1540. The Labute approximate surface area is 242 Å². The van der Waals surface area contributed by atoms with Gasteiger partial charge in [-0.05, 0) is 79.9 Å². The van der Waals surface area contributed by atoms with E-state index in [9.17, 15) is 39.2 Å². The molecule has 0 radical (unpaired) electrons. The second-order valence-electron chi connectivity index (χ2n) is 11.9. The SMILES string of the molecule is CC(CCF)Cc1ccc(-c2ccc(O)c3c2C[C@H]2C[C@H]4[C@H](N(C)C)C(=O)C(C(N)=O)=C(O)[C@@]4(O)C(=O)C2=C3O)cc1. The molecule has 1 fully saturated rings. The fraction of sp³-hybridized carbons (Fsp3) is 0.406. The summed E-state index contributed by atoms with van der Waals surface area (Å²) in [5.74, 6) is -6.62. The van der Waals surface area contributed by atoms with Crippen LogP contribution >= 0.6 is 0 Å². The fourth-order valence-corrected chi connectivity index (χ4v) is 7.03. The third kappa shape index (κ3) is 4.40. The van der Waals surface area contributed by atoms with Gasteiger partial charge in [0.25, 0.3) is 5.91 Å². The molecule has 1 unspecified atom stereocenters. The maximum Gasteiger partial charge on any atom is 0.255 e. The highest BCUT2D eigenvalue weighted by atomic mass is 19.1. The molecule has 0 aliphatic heterocycles. The van der Waals surface area contributed by atoms with Gasteiger partial charge in [0.1, 0.15) is 22.8 Å². The average molecular weight is 579 g/mol. The highest BCUT2D eigenvalue weighted by molar-refractivity contribution is 6.24. The van der Waals surface area contributed by atoms with Gasteiger partial charge in [-0.15, -0.1) is 0 Å². The van der Waals surface area contributed by atoms with Crippen molar-refractivity contribution in [3.63, 3.8) is 0 Å². The molecule has 2 aromatic rings. The van der Waals surface area contributed by atoms with E-state index in [1.165, 1.54) is 11.0 Å². The molecule has 1 saturated carbocycles. The van der Waals surface area contributed by atoms with E-state index in [0.29, 0.717) is 12.0 Å². The van der Waals surface area contributed by atoms with Crippen molar-refractivity contribution in [1.82, 2.24) is 4.90 Å². The lowest BCUT2D eigenvalue weighted by Crippen LogP contribution is -2.65. The van der Waals surface area contributed by atoms with Crippen molar-refractivity contribution in [2.45, 2.75) is 44.2 Å². The number of benzene rings is 2. The van der Waals surface area contributed by atoms with Crippen LogP contribution in [0, 0.1) is 17.8 Å². The largest absolute Gasteiger partial charge is 0.508 e. The highest BCUT2D eigenvalue weighted by Gasteiger charge is 2.64. The number of ketones is 2. The summed E-state index contributed by atoms with van der Waals surface area (Å²) in [6, 6.07) is 9.75. The molecule has 5 rings (SSSR count). The van der Waals surface area contributed by atoms with E-state index in [-0.39, 0.29) is 42.3 Å². The number of nitrogens with zero attached hydrogens (tertiary/aromatic N) is 1. The number of hydrogen-bond acceptors (Lipinski definition) is 8. The van der Waals surface area contributed by atoms with Crippen molar-refractivity contribution in [3.8, 4) is 16.9 Å². The number of nitrogens with two attached hydrogens (primary N) is 1. The quantitative estimate of drug-likeness (QED) is 0.313. The van der Waals surface area contributed by atoms with Gasteiger partial charge >= 0.3 is 0 Å². The first-order valence-electron chi connectivity index (χ1n) is 14.0. The smallest absolute Gasteiger partial charge is 0.255 e. The maximum absolute atomic E-state index is 14.0. The molecule has 5 atom stereocenters. The second kappa shape index (κ2) is 10.7. The first-order valence-corrected chi connectivity index (χ1v) is 14.0. The first-order chi connectivity index (χ1) is 19.8. The van der Waals surface area contributed by atoms with Crippen LogP contribution in [0.2, 0.25) is 0 Å². The van der Waals surface area contributed by atoms with Crippen molar-refractivity contribution in [2.75, 3.05) is 20.8 Å². The van der Waals surface area contributed by atoms with E-state index in [2.05, 4.69) is 0 Å². The second-order valence-corrected chi connectivity index (χ2v) is 11.9. The van der Waals surface area contributed by atoms with Gasteiger partial charge in [0.2, 0.25) is 5.78 Å². The van der Waals surface area contributed by atoms with Gasteiger partial charge in [0.15, 0.2) is 11.4 Å². The molecular weight excluding hydrogens is 543 g/mol. The van der Waals surface area contributed by atoms with Crippen LogP contribution in [-0.4, -0.2) is 75.2 Å². The molecule has 10 heteroatoms. The normalized spacial score (nSPS) is 26.2. The Morgan fingerprint density at radius 1 is 1.12 bits per heavy atom. The number of rotatable bonds is 7. The fourth-order valence-electron chi connectivity index (χ4n) is 7.03. The van der Waals surface area contributed by atoms with Crippen LogP contribution in [0.5, 0.6) is 5.75 Å². The Morgan fingerprint density at radius 3 is 2.38 bits per heavy atom. The lowest BCUT2D eigenvalue weighted by atomic mass is 9.57. The topological polar surface area (TPSA) is 161 Å². The molecule has 0 spiro atoms. The van der Waals surface area contributed by atoms with Gasteiger partial charge in [-0.2, -0.15) is 0 Å². The van der Waals surface area contributed by atoms with Crippen molar-refractivity contribution in [1.29, 1.82) is 0 Å². The number of Topliss-reactive ketones (excluding diaryl/α,β-unsaturated/α-hetero) is 2. The first kappa shape index (κ1) is 29.5. The highest BCUT2D eigenvalue weighted by Crippen LogP contribution is 2.53. The van der Waals surface area contributed by atoms with Crippen LogP contribution in [-0.2, 0) is 27.2 Å². The number of carbonyl (C=O) groups is 3. The molecule has 3 aliphatic carbocycles. The molecule has 0 aromatic heterocycles. The monoisotopic (exact) mass is 578 g/mol. The predicted molar refractivity (Wildman–Crippen MR) is 153 cm³/mol. The van der Waals surface area contributed by atoms with Gasteiger partial charge in [-0.1, -0.05) is 37.3 Å². The van der Waals surface area contributed by atoms with Gasteiger partial charge in [0, 0.05) is 11.5 Å². The third-order valence-electron chi connectivity index (χ3n) is 9.06. The molecule has 2 aromatic carbocycles. The zero-order valence-electron chi connectivity index (χ0n) is 23.7. The molecule has 0 bridgehead atoms. The Morgan fingerprint density at radius 2 is 1.79 bits per heavy atom. The Kier molecular flexibility index (Phi) is 7.49. The van der Waals surface area contributed by atoms with Gasteiger partial charge < -0.3 is 26.2 Å². The lowest BCUT2D eigenvalue weighted by Gasteiger charge is -2.50. The number of likely N-dealkylation sites (N-methyl/N-ethyl adjacent to an activating group) is 1. The molecular formula is C32H35FN2O7. The summed E-state index contributed by atoms with van der Waals surface area (Å²) >= 11 is 0. The Balaban J connectivity index is 1.62. The number of aliphatic hydroxyl groups excluding tert-OH is 2. The number of carbonyl (C=O) groups excluding carboxylic acids is 3. The summed E-state index contributed by atoms with van der Waals surface area (Å²) < 4.78 is 12.7. The summed E-state index contributed by atoms with van der Waals surface area (Å²) in [4.78, 5) is 40.8. The van der Waals surface area contributed by atoms with Crippen molar-refractivity contribution in [2.24, 2.45) is 23.5 Å². The van der Waals surface area contributed by atoms with Crippen molar-refractivity contribution >= 4 is 23.2 Å². The predicted octanol–water partition coefficient (Wildman–Crippen LogP) is 3.17. The average Bonchev–Trinajstić information content (AvgIpc) is 2.91. The lowest BCUT2D eigenvalue weighted by molar-refractivity contribution is -0.153. The summed E-state index contributed by atoms with van der Waals surface area (Å²) in [5.41, 5.74) is 4.90. The van der Waals surface area contributed by atoms with Gasteiger partial charge in [0.05, 0.1) is 18.3 Å². The summed E-state index contributed by atoms with van der Waals surface area (Å²) in [6.45, 7) is 1.62. The number of phenols is 1. The van der Waals surface area contributed by atoms with E-state index in [4.69, 9.17) is 5.73 Å². The minimum absolute atomic E-state index is 0.0201. The summed E-state index contributed by atoms with van der Waals surface area (Å²) in [7, 11) is 3.12. The van der Waals surface area contributed by atoms with Crippen LogP contribution in [0.4, 0.5) is 4.39 Å². The van der Waals surface area contributed by atoms with Gasteiger partial charge in [-0.25, -0.2) is 0 Å². The Hall–Kier alpha value is -4.02. The number of hydrogen-bond donors (Lipinski definition) is 5. The van der Waals surface area contributed by atoms with E-state index in [1.807, 2.05) is 31.2 Å². The molecule has 3 aliphatic rings. The van der Waals surface area contributed by atoms with Crippen LogP contribution in [0.3, 0.4) is 0 Å². The van der Waals surface area contributed by atoms with E-state index in [1.54, 1.807) is 20.2 Å². The van der Waals surface area contributed by atoms with Crippen molar-refractivity contribution < 1.29 is 39.2 Å². The summed E-state index contributed by atoms with van der Waals surface area (Å²) in [6.07, 6.45) is 1.43. The molecule has 6 N–H and O–H groups in total. The number of aromatic hydroxyl groups is 1. The molecule has 1 amide bonds. The van der Waals surface area contributed by atoms with E-state index < -0.39 is 58.0 Å². The third-order valence-corrected chi connectivity index (χ3v) is 9.06. The molecule has 9 nitrogen and oxygen atoms in total. The minimum atomic E-state index is -2.67. The zero-order valence-corrected chi connectivity index (χ0v) is 23.7. The van der Waals surface area contributed by atoms with Crippen molar-refractivity contribution in [3.05, 3.63) is 70.0 Å².